The van der Waals surface area contributed by atoms with Gasteiger partial charge in [0.2, 0.25) is 0 Å². The Kier molecular flexibility index (Phi) is 6.14. The summed E-state index contributed by atoms with van der Waals surface area (Å²) in [7, 11) is 1.79. The molecule has 0 unspecified atom stereocenters. The quantitative estimate of drug-likeness (QED) is 0.721. The summed E-state index contributed by atoms with van der Waals surface area (Å²) in [6, 6.07) is 0. The molecule has 0 radical (unpaired) electrons. The van der Waals surface area contributed by atoms with E-state index < -0.39 is 0 Å². The summed E-state index contributed by atoms with van der Waals surface area (Å²) in [4.78, 5) is 0. The fourth-order valence-corrected chi connectivity index (χ4v) is 4.84. The molecule has 2 heteroatoms. The molecule has 0 bridgehead atoms. The number of ether oxygens (including phenoxy) is 1. The average Bonchev–Trinajstić information content (AvgIpc) is 2.98. The standard InChI is InChI=1S/C19H37NO/c1-18(2,3)16-9-11-19(12-10-16,15-20-13-14-21-4)17-7-5-6-8-17/h16-17,20H,5-15H2,1-4H3. The molecule has 2 nitrogen and oxygen atoms in total. The van der Waals surface area contributed by atoms with E-state index in [0.29, 0.717) is 10.8 Å². The third kappa shape index (κ3) is 4.45. The van der Waals surface area contributed by atoms with Crippen LogP contribution in [0.5, 0.6) is 0 Å². The molecule has 0 spiro atoms. The SMILES string of the molecule is COCCNCC1(C2CCCC2)CCC(C(C)(C)C)CC1. The van der Waals surface area contributed by atoms with Crippen LogP contribution < -0.4 is 5.32 Å². The molecule has 2 aliphatic rings. The Labute approximate surface area is 132 Å². The van der Waals surface area contributed by atoms with Crippen LogP contribution in [0.3, 0.4) is 0 Å². The molecule has 2 aliphatic carbocycles. The summed E-state index contributed by atoms with van der Waals surface area (Å²) in [5, 5.41) is 3.70. The first kappa shape index (κ1) is 17.3. The van der Waals surface area contributed by atoms with Crippen molar-refractivity contribution < 1.29 is 4.74 Å². The third-order valence-corrected chi connectivity index (χ3v) is 6.39. The summed E-state index contributed by atoms with van der Waals surface area (Å²) >= 11 is 0. The molecule has 0 heterocycles. The molecule has 21 heavy (non-hydrogen) atoms. The van der Waals surface area contributed by atoms with E-state index in [1.165, 1.54) is 57.9 Å². The molecule has 2 fully saturated rings. The minimum atomic E-state index is 0.491. The molecule has 2 rings (SSSR count). The van der Waals surface area contributed by atoms with E-state index in [9.17, 15) is 0 Å². The predicted octanol–water partition coefficient (Wildman–Crippen LogP) is 4.64. The van der Waals surface area contributed by atoms with Crippen molar-refractivity contribution >= 4 is 0 Å². The van der Waals surface area contributed by atoms with Crippen LogP contribution in [0, 0.1) is 22.7 Å². The van der Waals surface area contributed by atoms with Gasteiger partial charge in [-0.3, -0.25) is 0 Å². The first-order valence-electron chi connectivity index (χ1n) is 9.18. The minimum absolute atomic E-state index is 0.491. The number of hydrogen-bond acceptors (Lipinski definition) is 2. The van der Waals surface area contributed by atoms with Gasteiger partial charge in [-0.05, 0) is 61.2 Å². The second-order valence-electron chi connectivity index (χ2n) is 8.65. The van der Waals surface area contributed by atoms with Gasteiger partial charge in [0.05, 0.1) is 6.61 Å². The van der Waals surface area contributed by atoms with Gasteiger partial charge in [-0.25, -0.2) is 0 Å². The Balaban J connectivity index is 1.94. The fourth-order valence-electron chi connectivity index (χ4n) is 4.84. The zero-order valence-electron chi connectivity index (χ0n) is 14.8. The second kappa shape index (κ2) is 7.46. The minimum Gasteiger partial charge on any atom is -0.383 e. The van der Waals surface area contributed by atoms with Gasteiger partial charge in [-0.2, -0.15) is 0 Å². The first-order chi connectivity index (χ1) is 9.98. The van der Waals surface area contributed by atoms with Crippen LogP contribution in [-0.4, -0.2) is 26.8 Å². The van der Waals surface area contributed by atoms with Crippen LogP contribution in [0.2, 0.25) is 0 Å². The number of hydrogen-bond donors (Lipinski definition) is 1. The van der Waals surface area contributed by atoms with E-state index in [0.717, 1.165) is 25.0 Å². The lowest BCUT2D eigenvalue weighted by Crippen LogP contribution is -2.44. The number of nitrogens with one attached hydrogen (secondary N) is 1. The lowest BCUT2D eigenvalue weighted by atomic mass is 9.59. The average molecular weight is 296 g/mol. The van der Waals surface area contributed by atoms with Gasteiger partial charge in [0.25, 0.3) is 0 Å². The van der Waals surface area contributed by atoms with Crippen LogP contribution in [0.25, 0.3) is 0 Å². The highest BCUT2D eigenvalue weighted by Gasteiger charge is 2.44. The molecule has 0 aromatic heterocycles. The normalized spacial score (nSPS) is 31.7. The van der Waals surface area contributed by atoms with Crippen molar-refractivity contribution in [1.82, 2.24) is 5.32 Å². The maximum Gasteiger partial charge on any atom is 0.0587 e. The van der Waals surface area contributed by atoms with Crippen LogP contribution in [0.1, 0.15) is 72.1 Å². The summed E-state index contributed by atoms with van der Waals surface area (Å²) < 4.78 is 5.19. The van der Waals surface area contributed by atoms with Crippen LogP contribution in [0.15, 0.2) is 0 Å². The lowest BCUT2D eigenvalue weighted by Gasteiger charge is -2.47. The highest BCUT2D eigenvalue weighted by Crippen LogP contribution is 2.52. The smallest absolute Gasteiger partial charge is 0.0587 e. The summed E-state index contributed by atoms with van der Waals surface area (Å²) in [5.41, 5.74) is 1.08. The van der Waals surface area contributed by atoms with Crippen molar-refractivity contribution in [3.05, 3.63) is 0 Å². The van der Waals surface area contributed by atoms with E-state index >= 15 is 0 Å². The van der Waals surface area contributed by atoms with E-state index in [4.69, 9.17) is 4.74 Å². The second-order valence-corrected chi connectivity index (χ2v) is 8.65. The largest absolute Gasteiger partial charge is 0.383 e. The Bertz CT molecular complexity index is 293. The predicted molar refractivity (Wildman–Crippen MR) is 90.5 cm³/mol. The Morgan fingerprint density at radius 1 is 1.05 bits per heavy atom. The number of rotatable bonds is 6. The summed E-state index contributed by atoms with van der Waals surface area (Å²) in [6.07, 6.45) is 11.6. The van der Waals surface area contributed by atoms with Crippen molar-refractivity contribution in [2.45, 2.75) is 72.1 Å². The molecule has 0 aromatic carbocycles. The van der Waals surface area contributed by atoms with E-state index in [1.54, 1.807) is 7.11 Å². The highest BCUT2D eigenvalue weighted by molar-refractivity contribution is 4.96. The van der Waals surface area contributed by atoms with Crippen LogP contribution in [-0.2, 0) is 4.74 Å². The van der Waals surface area contributed by atoms with Gasteiger partial charge in [-0.1, -0.05) is 33.6 Å². The summed E-state index contributed by atoms with van der Waals surface area (Å²) in [5.74, 6) is 1.90. The van der Waals surface area contributed by atoms with Gasteiger partial charge in [0, 0.05) is 20.2 Å². The third-order valence-electron chi connectivity index (χ3n) is 6.39. The van der Waals surface area contributed by atoms with Gasteiger partial charge in [0.1, 0.15) is 0 Å². The number of methoxy groups -OCH3 is 1. The first-order valence-corrected chi connectivity index (χ1v) is 9.18. The summed E-state index contributed by atoms with van der Waals surface area (Å²) in [6.45, 7) is 10.3. The van der Waals surface area contributed by atoms with E-state index in [2.05, 4.69) is 26.1 Å². The van der Waals surface area contributed by atoms with Crippen molar-refractivity contribution in [1.29, 1.82) is 0 Å². The van der Waals surface area contributed by atoms with Crippen LogP contribution in [0.4, 0.5) is 0 Å². The highest BCUT2D eigenvalue weighted by atomic mass is 16.5. The zero-order valence-corrected chi connectivity index (χ0v) is 14.8. The van der Waals surface area contributed by atoms with E-state index in [-0.39, 0.29) is 0 Å². The van der Waals surface area contributed by atoms with Crippen molar-refractivity contribution in [3.8, 4) is 0 Å². The van der Waals surface area contributed by atoms with Crippen LogP contribution >= 0.6 is 0 Å². The molecular formula is C19H37NO. The van der Waals surface area contributed by atoms with Crippen molar-refractivity contribution in [2.75, 3.05) is 26.8 Å². The molecule has 2 saturated carbocycles. The molecule has 124 valence electrons. The molecule has 0 amide bonds. The molecule has 0 atom stereocenters. The lowest BCUT2D eigenvalue weighted by molar-refractivity contribution is 0.0392. The van der Waals surface area contributed by atoms with E-state index in [1.807, 2.05) is 0 Å². The Morgan fingerprint density at radius 2 is 1.67 bits per heavy atom. The molecular weight excluding hydrogens is 258 g/mol. The van der Waals surface area contributed by atoms with Gasteiger partial charge in [-0.15, -0.1) is 0 Å². The maximum absolute atomic E-state index is 5.19. The van der Waals surface area contributed by atoms with Gasteiger partial charge in [0.15, 0.2) is 0 Å². The molecule has 0 saturated heterocycles. The zero-order chi connectivity index (χ0) is 15.3. The maximum atomic E-state index is 5.19. The fraction of sp³-hybridized carbons (Fsp3) is 1.00. The Morgan fingerprint density at radius 3 is 2.19 bits per heavy atom. The molecule has 0 aromatic rings. The van der Waals surface area contributed by atoms with Crippen molar-refractivity contribution in [3.63, 3.8) is 0 Å². The Hall–Kier alpha value is -0.0800. The topological polar surface area (TPSA) is 21.3 Å². The monoisotopic (exact) mass is 295 g/mol. The van der Waals surface area contributed by atoms with Crippen molar-refractivity contribution in [2.24, 2.45) is 22.7 Å². The molecule has 0 aliphatic heterocycles. The molecule has 1 N–H and O–H groups in total. The van der Waals surface area contributed by atoms with Gasteiger partial charge < -0.3 is 10.1 Å². The van der Waals surface area contributed by atoms with Gasteiger partial charge >= 0.3 is 0 Å².